The van der Waals surface area contributed by atoms with E-state index in [2.05, 4.69) is 15.7 Å². The third kappa shape index (κ3) is 5.20. The lowest BCUT2D eigenvalue weighted by Crippen LogP contribution is -2.50. The molecule has 0 aromatic heterocycles. The van der Waals surface area contributed by atoms with Gasteiger partial charge < -0.3 is 14.7 Å². The van der Waals surface area contributed by atoms with Gasteiger partial charge in [-0.1, -0.05) is 25.2 Å². The summed E-state index contributed by atoms with van der Waals surface area (Å²) >= 11 is 0. The molecule has 1 saturated carbocycles. The van der Waals surface area contributed by atoms with Gasteiger partial charge in [-0.05, 0) is 37.1 Å². The first-order valence-corrected chi connectivity index (χ1v) is 9.68. The minimum Gasteiger partial charge on any atom is -0.388 e. The molecule has 2 unspecified atom stereocenters. The molecule has 1 N–H and O–H groups in total. The number of terminal acetylenes is 1. The molecule has 26 heavy (non-hydrogen) atoms. The van der Waals surface area contributed by atoms with Crippen molar-refractivity contribution in [3.8, 4) is 12.3 Å². The standard InChI is InChI=1S/C21H29FN2O2/c1-2-21(26-19-6-4-3-5-7-19)20(25)16-23-12-14-24(15-13-23)18-10-8-17(22)9-11-18/h1,8-11,19-21,25H,3-7,12-16H2. The van der Waals surface area contributed by atoms with Crippen molar-refractivity contribution in [2.75, 3.05) is 37.6 Å². The molecule has 5 heteroatoms. The van der Waals surface area contributed by atoms with Gasteiger partial charge in [0.25, 0.3) is 0 Å². The first kappa shape index (κ1) is 19.2. The summed E-state index contributed by atoms with van der Waals surface area (Å²) in [6.07, 6.45) is 10.3. The second-order valence-corrected chi connectivity index (χ2v) is 7.31. The van der Waals surface area contributed by atoms with Crippen LogP contribution in [-0.2, 0) is 4.74 Å². The number of nitrogens with zero attached hydrogens (tertiary/aromatic N) is 2. The highest BCUT2D eigenvalue weighted by Gasteiger charge is 2.26. The third-order valence-corrected chi connectivity index (χ3v) is 5.41. The Bertz CT molecular complexity index is 587. The fourth-order valence-corrected chi connectivity index (χ4v) is 3.85. The van der Waals surface area contributed by atoms with Gasteiger partial charge in [0.1, 0.15) is 18.0 Å². The zero-order valence-corrected chi connectivity index (χ0v) is 15.3. The Morgan fingerprint density at radius 3 is 2.38 bits per heavy atom. The van der Waals surface area contributed by atoms with E-state index in [1.807, 2.05) is 12.1 Å². The number of halogens is 1. The number of benzene rings is 1. The van der Waals surface area contributed by atoms with E-state index in [-0.39, 0.29) is 11.9 Å². The topological polar surface area (TPSA) is 35.9 Å². The first-order valence-electron chi connectivity index (χ1n) is 9.68. The maximum absolute atomic E-state index is 13.1. The van der Waals surface area contributed by atoms with Gasteiger partial charge in [0.2, 0.25) is 0 Å². The summed E-state index contributed by atoms with van der Waals surface area (Å²) in [4.78, 5) is 4.46. The molecule has 2 aliphatic rings. The van der Waals surface area contributed by atoms with E-state index in [1.165, 1.54) is 31.4 Å². The average Bonchev–Trinajstić information content (AvgIpc) is 2.68. The number of anilines is 1. The number of rotatable bonds is 6. The molecular weight excluding hydrogens is 331 g/mol. The Kier molecular flexibility index (Phi) is 6.90. The van der Waals surface area contributed by atoms with Gasteiger partial charge in [-0.3, -0.25) is 4.90 Å². The molecule has 1 aliphatic heterocycles. The highest BCUT2D eigenvalue weighted by molar-refractivity contribution is 5.46. The lowest BCUT2D eigenvalue weighted by Gasteiger charge is -2.37. The van der Waals surface area contributed by atoms with Crippen LogP contribution in [0.2, 0.25) is 0 Å². The highest BCUT2D eigenvalue weighted by Crippen LogP contribution is 2.22. The number of aliphatic hydroxyl groups is 1. The third-order valence-electron chi connectivity index (χ3n) is 5.41. The maximum atomic E-state index is 13.1. The molecule has 1 aliphatic carbocycles. The van der Waals surface area contributed by atoms with Gasteiger partial charge in [0.15, 0.2) is 0 Å². The van der Waals surface area contributed by atoms with Crippen molar-refractivity contribution in [2.45, 2.75) is 50.4 Å². The first-order chi connectivity index (χ1) is 12.7. The summed E-state index contributed by atoms with van der Waals surface area (Å²) in [6, 6.07) is 6.61. The van der Waals surface area contributed by atoms with Crippen LogP contribution in [0.5, 0.6) is 0 Å². The SMILES string of the molecule is C#CC(OC1CCCCC1)C(O)CN1CCN(c2ccc(F)cc2)CC1. The molecule has 142 valence electrons. The minimum absolute atomic E-state index is 0.190. The fourth-order valence-electron chi connectivity index (χ4n) is 3.85. The molecule has 0 bridgehead atoms. The van der Waals surface area contributed by atoms with Gasteiger partial charge in [0.05, 0.1) is 6.10 Å². The van der Waals surface area contributed by atoms with Crippen LogP contribution in [0.3, 0.4) is 0 Å². The molecule has 0 amide bonds. The Morgan fingerprint density at radius 2 is 1.77 bits per heavy atom. The van der Waals surface area contributed by atoms with Crippen molar-refractivity contribution in [1.82, 2.24) is 4.90 Å². The van der Waals surface area contributed by atoms with Gasteiger partial charge >= 0.3 is 0 Å². The van der Waals surface area contributed by atoms with Crippen LogP contribution in [0.25, 0.3) is 0 Å². The van der Waals surface area contributed by atoms with Crippen molar-refractivity contribution < 1.29 is 14.2 Å². The van der Waals surface area contributed by atoms with Crippen LogP contribution in [-0.4, -0.2) is 61.0 Å². The molecule has 0 spiro atoms. The Hall–Kier alpha value is -1.61. The molecular formula is C21H29FN2O2. The number of piperazine rings is 1. The smallest absolute Gasteiger partial charge is 0.145 e. The Morgan fingerprint density at radius 1 is 1.12 bits per heavy atom. The van der Waals surface area contributed by atoms with Crippen molar-refractivity contribution in [3.63, 3.8) is 0 Å². The summed E-state index contributed by atoms with van der Waals surface area (Å²) in [5.74, 6) is 2.42. The van der Waals surface area contributed by atoms with Crippen molar-refractivity contribution in [2.24, 2.45) is 0 Å². The molecule has 0 radical (unpaired) electrons. The fraction of sp³-hybridized carbons (Fsp3) is 0.619. The van der Waals surface area contributed by atoms with Gasteiger partial charge in [-0.25, -0.2) is 4.39 Å². The number of β-amino-alcohol motifs (C(OH)–C–C–N with tert-alkyl or cyclic N) is 1. The predicted molar refractivity (Wildman–Crippen MR) is 102 cm³/mol. The molecule has 1 heterocycles. The summed E-state index contributed by atoms with van der Waals surface area (Å²) < 4.78 is 19.0. The molecule has 2 atom stereocenters. The van der Waals surface area contributed by atoms with E-state index in [0.717, 1.165) is 44.7 Å². The zero-order chi connectivity index (χ0) is 18.4. The van der Waals surface area contributed by atoms with Crippen LogP contribution < -0.4 is 4.90 Å². The van der Waals surface area contributed by atoms with Crippen LogP contribution >= 0.6 is 0 Å². The lowest BCUT2D eigenvalue weighted by molar-refractivity contribution is -0.0675. The monoisotopic (exact) mass is 360 g/mol. The van der Waals surface area contributed by atoms with Gasteiger partial charge in [-0.2, -0.15) is 0 Å². The van der Waals surface area contributed by atoms with E-state index >= 15 is 0 Å². The highest BCUT2D eigenvalue weighted by atomic mass is 19.1. The maximum Gasteiger partial charge on any atom is 0.145 e. The van der Waals surface area contributed by atoms with Crippen LogP contribution in [0.15, 0.2) is 24.3 Å². The molecule has 4 nitrogen and oxygen atoms in total. The number of aliphatic hydroxyl groups excluding tert-OH is 1. The summed E-state index contributed by atoms with van der Waals surface area (Å²) in [7, 11) is 0. The summed E-state index contributed by atoms with van der Waals surface area (Å²) in [5, 5.41) is 10.5. The second-order valence-electron chi connectivity index (χ2n) is 7.31. The van der Waals surface area contributed by atoms with Crippen molar-refractivity contribution in [3.05, 3.63) is 30.1 Å². The molecule has 1 aromatic rings. The normalized spacial score (nSPS) is 22.0. The van der Waals surface area contributed by atoms with Crippen LogP contribution in [0.1, 0.15) is 32.1 Å². The predicted octanol–water partition coefficient (Wildman–Crippen LogP) is 2.66. The average molecular weight is 360 g/mol. The number of ether oxygens (including phenoxy) is 1. The number of hydrogen-bond acceptors (Lipinski definition) is 4. The zero-order valence-electron chi connectivity index (χ0n) is 15.3. The lowest BCUT2D eigenvalue weighted by atomic mass is 9.97. The van der Waals surface area contributed by atoms with E-state index < -0.39 is 12.2 Å². The van der Waals surface area contributed by atoms with E-state index in [9.17, 15) is 9.50 Å². The van der Waals surface area contributed by atoms with Crippen molar-refractivity contribution >= 4 is 5.69 Å². The van der Waals surface area contributed by atoms with E-state index in [0.29, 0.717) is 6.54 Å². The Labute approximate surface area is 155 Å². The molecule has 2 fully saturated rings. The largest absolute Gasteiger partial charge is 0.388 e. The Balaban J connectivity index is 1.45. The van der Waals surface area contributed by atoms with E-state index in [4.69, 9.17) is 11.2 Å². The second kappa shape index (κ2) is 9.36. The summed E-state index contributed by atoms with van der Waals surface area (Å²) in [6.45, 7) is 3.91. The molecule has 1 aromatic carbocycles. The summed E-state index contributed by atoms with van der Waals surface area (Å²) in [5.41, 5.74) is 1.04. The molecule has 1 saturated heterocycles. The van der Waals surface area contributed by atoms with Gasteiger partial charge in [0, 0.05) is 38.4 Å². The molecule has 3 rings (SSSR count). The minimum atomic E-state index is -0.667. The van der Waals surface area contributed by atoms with Crippen LogP contribution in [0.4, 0.5) is 10.1 Å². The van der Waals surface area contributed by atoms with Crippen LogP contribution in [0, 0.1) is 18.2 Å². The number of hydrogen-bond donors (Lipinski definition) is 1. The van der Waals surface area contributed by atoms with Gasteiger partial charge in [-0.15, -0.1) is 6.42 Å². The van der Waals surface area contributed by atoms with E-state index in [1.54, 1.807) is 0 Å². The van der Waals surface area contributed by atoms with Crippen molar-refractivity contribution in [1.29, 1.82) is 0 Å². The quantitative estimate of drug-likeness (QED) is 0.792.